The summed E-state index contributed by atoms with van der Waals surface area (Å²) in [6.07, 6.45) is 0. The molecule has 0 rings (SSSR count). The topological polar surface area (TPSA) is 38.7 Å². The van der Waals surface area contributed by atoms with Crippen molar-refractivity contribution in [1.29, 1.82) is 0 Å². The van der Waals surface area contributed by atoms with Crippen LogP contribution in [-0.2, 0) is 9.47 Å². The van der Waals surface area contributed by atoms with Crippen LogP contribution in [0, 0.1) is 0 Å². The largest absolute Gasteiger partial charge is 0.396 e. The van der Waals surface area contributed by atoms with Crippen molar-refractivity contribution in [2.45, 2.75) is 0 Å². The number of aliphatic hydroxyl groups is 1. The molecule has 0 heterocycles. The third-order valence-electron chi connectivity index (χ3n) is 1.57. The quantitative estimate of drug-likeness (QED) is 0.413. The molecule has 0 spiro atoms. The van der Waals surface area contributed by atoms with Crippen LogP contribution in [0.3, 0.4) is 0 Å². The van der Waals surface area contributed by atoms with E-state index in [1.807, 2.05) is 11.8 Å². The van der Waals surface area contributed by atoms with Gasteiger partial charge in [0, 0.05) is 28.9 Å². The number of hydrogen-bond donors (Lipinski definition) is 1. The number of ether oxygens (including phenoxy) is 2. The molecule has 0 saturated carbocycles. The van der Waals surface area contributed by atoms with Crippen LogP contribution in [0.15, 0.2) is 0 Å². The highest BCUT2D eigenvalue weighted by atomic mass is 35.5. The van der Waals surface area contributed by atoms with Crippen molar-refractivity contribution in [3.63, 3.8) is 0 Å². The number of thioether (sulfide) groups is 2. The molecule has 16 heavy (non-hydrogen) atoms. The van der Waals surface area contributed by atoms with E-state index in [4.69, 9.17) is 26.2 Å². The highest BCUT2D eigenvalue weighted by Gasteiger charge is 1.92. The maximum atomic E-state index is 8.54. The van der Waals surface area contributed by atoms with Gasteiger partial charge in [-0.05, 0) is 0 Å². The first-order valence-electron chi connectivity index (χ1n) is 5.39. The first kappa shape index (κ1) is 16.9. The average Bonchev–Trinajstić information content (AvgIpc) is 2.31. The molecule has 0 aliphatic heterocycles. The van der Waals surface area contributed by atoms with Crippen molar-refractivity contribution in [3.8, 4) is 0 Å². The Balaban J connectivity index is 2.83. The summed E-state index contributed by atoms with van der Waals surface area (Å²) >= 11 is 9.01. The fourth-order valence-electron chi connectivity index (χ4n) is 0.881. The Morgan fingerprint density at radius 2 is 1.31 bits per heavy atom. The van der Waals surface area contributed by atoms with Gasteiger partial charge in [-0.3, -0.25) is 0 Å². The molecular formula is C10H21ClO3S2. The van der Waals surface area contributed by atoms with Crippen molar-refractivity contribution in [2.24, 2.45) is 0 Å². The van der Waals surface area contributed by atoms with Crippen molar-refractivity contribution < 1.29 is 14.6 Å². The van der Waals surface area contributed by atoms with Crippen LogP contribution in [0.5, 0.6) is 0 Å². The van der Waals surface area contributed by atoms with E-state index < -0.39 is 0 Å². The number of aliphatic hydroxyl groups excluding tert-OH is 1. The Bertz CT molecular complexity index is 117. The molecule has 0 radical (unpaired) electrons. The number of rotatable bonds is 13. The van der Waals surface area contributed by atoms with Crippen molar-refractivity contribution in [1.82, 2.24) is 0 Å². The second-order valence-electron chi connectivity index (χ2n) is 2.86. The predicted octanol–water partition coefficient (Wildman–Crippen LogP) is 1.72. The third-order valence-corrected chi connectivity index (χ3v) is 3.56. The number of hydrogen-bond acceptors (Lipinski definition) is 5. The van der Waals surface area contributed by atoms with E-state index in [1.165, 1.54) is 0 Å². The van der Waals surface area contributed by atoms with Crippen LogP contribution in [0.25, 0.3) is 0 Å². The molecule has 0 bridgehead atoms. The van der Waals surface area contributed by atoms with Crippen LogP contribution < -0.4 is 0 Å². The minimum atomic E-state index is 0.253. The standard InChI is InChI=1S/C10H21ClO3S2/c11-1-3-13-4-9-16-10-6-14-5-8-15-7-2-12/h12H,1-10H2. The fourth-order valence-corrected chi connectivity index (χ4v) is 2.23. The van der Waals surface area contributed by atoms with E-state index in [9.17, 15) is 0 Å². The first-order valence-corrected chi connectivity index (χ1v) is 8.24. The third kappa shape index (κ3) is 14.9. The first-order chi connectivity index (χ1) is 7.91. The van der Waals surface area contributed by atoms with E-state index in [0.717, 1.165) is 42.8 Å². The zero-order chi connectivity index (χ0) is 11.9. The van der Waals surface area contributed by atoms with Gasteiger partial charge in [0.25, 0.3) is 0 Å². The van der Waals surface area contributed by atoms with Gasteiger partial charge in [0.2, 0.25) is 0 Å². The molecule has 0 amide bonds. The van der Waals surface area contributed by atoms with E-state index in [2.05, 4.69) is 0 Å². The SMILES string of the molecule is OCCSCCOCCSCCOCCCl. The predicted molar refractivity (Wildman–Crippen MR) is 74.1 cm³/mol. The lowest BCUT2D eigenvalue weighted by Crippen LogP contribution is -2.05. The Hall–Kier alpha value is 0.870. The highest BCUT2D eigenvalue weighted by molar-refractivity contribution is 7.99. The maximum Gasteiger partial charge on any atom is 0.0602 e. The van der Waals surface area contributed by atoms with Gasteiger partial charge in [-0.15, -0.1) is 11.6 Å². The Kier molecular flexibility index (Phi) is 16.7. The van der Waals surface area contributed by atoms with E-state index >= 15 is 0 Å². The molecule has 0 aliphatic carbocycles. The van der Waals surface area contributed by atoms with Gasteiger partial charge >= 0.3 is 0 Å². The number of halogens is 1. The van der Waals surface area contributed by atoms with Crippen molar-refractivity contribution in [3.05, 3.63) is 0 Å². The second kappa shape index (κ2) is 15.9. The summed E-state index contributed by atoms with van der Waals surface area (Å²) in [5, 5.41) is 8.54. The molecule has 0 aromatic carbocycles. The second-order valence-corrected chi connectivity index (χ2v) is 5.69. The summed E-state index contributed by atoms with van der Waals surface area (Å²) in [4.78, 5) is 0. The molecule has 0 fully saturated rings. The van der Waals surface area contributed by atoms with Crippen LogP contribution in [0.4, 0.5) is 0 Å². The summed E-state index contributed by atoms with van der Waals surface area (Å²) in [5.74, 6) is 4.34. The van der Waals surface area contributed by atoms with Gasteiger partial charge in [0.05, 0.1) is 33.0 Å². The van der Waals surface area contributed by atoms with E-state index in [0.29, 0.717) is 12.5 Å². The molecule has 0 aromatic rings. The molecule has 0 unspecified atom stereocenters. The normalized spacial score (nSPS) is 10.9. The molecule has 0 atom stereocenters. The molecule has 6 heteroatoms. The Labute approximate surface area is 112 Å². The van der Waals surface area contributed by atoms with E-state index in [-0.39, 0.29) is 6.61 Å². The smallest absolute Gasteiger partial charge is 0.0602 e. The van der Waals surface area contributed by atoms with Crippen LogP contribution in [-0.4, -0.2) is 67.0 Å². The molecule has 0 saturated heterocycles. The minimum Gasteiger partial charge on any atom is -0.396 e. The lowest BCUT2D eigenvalue weighted by molar-refractivity contribution is 0.164. The molecule has 98 valence electrons. The maximum absolute atomic E-state index is 8.54. The lowest BCUT2D eigenvalue weighted by atomic mass is 10.8. The molecule has 3 nitrogen and oxygen atoms in total. The number of alkyl halides is 1. The average molecular weight is 289 g/mol. The Morgan fingerprint density at radius 3 is 1.81 bits per heavy atom. The fraction of sp³-hybridized carbons (Fsp3) is 1.00. The monoisotopic (exact) mass is 288 g/mol. The lowest BCUT2D eigenvalue weighted by Gasteiger charge is -2.04. The van der Waals surface area contributed by atoms with Crippen molar-refractivity contribution >= 4 is 35.1 Å². The summed E-state index contributed by atoms with van der Waals surface area (Å²) in [5.41, 5.74) is 0. The van der Waals surface area contributed by atoms with Gasteiger partial charge in [-0.1, -0.05) is 0 Å². The highest BCUT2D eigenvalue weighted by Crippen LogP contribution is 2.01. The summed E-state index contributed by atoms with van der Waals surface area (Å²) in [6, 6.07) is 0. The molecule has 0 aromatic heterocycles. The van der Waals surface area contributed by atoms with Crippen molar-refractivity contribution in [2.75, 3.05) is 61.9 Å². The van der Waals surface area contributed by atoms with Gasteiger partial charge in [-0.2, -0.15) is 23.5 Å². The van der Waals surface area contributed by atoms with Gasteiger partial charge in [-0.25, -0.2) is 0 Å². The molecule has 0 aliphatic rings. The van der Waals surface area contributed by atoms with Crippen LogP contribution in [0.1, 0.15) is 0 Å². The van der Waals surface area contributed by atoms with Gasteiger partial charge in [0.1, 0.15) is 0 Å². The minimum absolute atomic E-state index is 0.253. The van der Waals surface area contributed by atoms with E-state index in [1.54, 1.807) is 11.8 Å². The molecular weight excluding hydrogens is 268 g/mol. The van der Waals surface area contributed by atoms with Crippen LogP contribution >= 0.6 is 35.1 Å². The summed E-state index contributed by atoms with van der Waals surface area (Å²) < 4.78 is 10.7. The molecule has 1 N–H and O–H groups in total. The summed E-state index contributed by atoms with van der Waals surface area (Å²) in [7, 11) is 0. The van der Waals surface area contributed by atoms with Crippen LogP contribution in [0.2, 0.25) is 0 Å². The zero-order valence-corrected chi connectivity index (χ0v) is 11.9. The van der Waals surface area contributed by atoms with Gasteiger partial charge in [0.15, 0.2) is 0 Å². The van der Waals surface area contributed by atoms with Gasteiger partial charge < -0.3 is 14.6 Å². The summed E-state index contributed by atoms with van der Waals surface area (Å²) in [6.45, 7) is 3.22. The zero-order valence-electron chi connectivity index (χ0n) is 9.53. The Morgan fingerprint density at radius 1 is 0.812 bits per heavy atom.